The molecule has 1 N–H and O–H groups in total. The summed E-state index contributed by atoms with van der Waals surface area (Å²) in [5.74, 6) is -0.816. The molecule has 2 saturated heterocycles. The molecule has 2 fully saturated rings. The normalized spacial score (nSPS) is 18.8. The van der Waals surface area contributed by atoms with Gasteiger partial charge in [-0.1, -0.05) is 0 Å². The van der Waals surface area contributed by atoms with E-state index in [-0.39, 0.29) is 23.8 Å². The Bertz CT molecular complexity index is 483. The molecule has 2 aliphatic rings. The number of benzene rings is 1. The van der Waals surface area contributed by atoms with Gasteiger partial charge in [0.2, 0.25) is 0 Å². The molecule has 0 aromatic heterocycles. The topological polar surface area (TPSA) is 27.7 Å². The highest BCUT2D eigenvalue weighted by molar-refractivity contribution is 5.85. The number of anilines is 1. The van der Waals surface area contributed by atoms with Crippen LogP contribution in [0, 0.1) is 11.6 Å². The molecule has 130 valence electrons. The van der Waals surface area contributed by atoms with Crippen LogP contribution in [0.2, 0.25) is 0 Å². The largest absolute Gasteiger partial charge is 0.492 e. The van der Waals surface area contributed by atoms with E-state index in [1.165, 1.54) is 25.0 Å². The van der Waals surface area contributed by atoms with Crippen LogP contribution in [0.3, 0.4) is 0 Å². The molecule has 0 aliphatic carbocycles. The summed E-state index contributed by atoms with van der Waals surface area (Å²) in [6, 6.07) is 2.59. The lowest BCUT2D eigenvalue weighted by molar-refractivity contribution is 0.236. The summed E-state index contributed by atoms with van der Waals surface area (Å²) in [4.78, 5) is 4.05. The lowest BCUT2D eigenvalue weighted by atomic mass is 10.2. The van der Waals surface area contributed by atoms with Crippen LogP contribution >= 0.6 is 12.4 Å². The Labute approximate surface area is 142 Å². The highest BCUT2D eigenvalue weighted by Crippen LogP contribution is 2.28. The molecule has 0 radical (unpaired) electrons. The minimum Gasteiger partial charge on any atom is -0.492 e. The molecule has 3 rings (SSSR count). The first-order valence-electron chi connectivity index (χ1n) is 8.04. The third-order valence-corrected chi connectivity index (χ3v) is 4.30. The average molecular weight is 348 g/mol. The van der Waals surface area contributed by atoms with Crippen molar-refractivity contribution < 1.29 is 13.5 Å². The predicted molar refractivity (Wildman–Crippen MR) is 89.9 cm³/mol. The first-order valence-corrected chi connectivity index (χ1v) is 8.04. The maximum atomic E-state index is 14.2. The van der Waals surface area contributed by atoms with Crippen LogP contribution < -0.4 is 15.0 Å². The molecule has 0 amide bonds. The number of nitrogens with one attached hydrogen (secondary N) is 1. The summed E-state index contributed by atoms with van der Waals surface area (Å²) in [6.07, 6.45) is 2.45. The number of piperazine rings is 1. The maximum Gasteiger partial charge on any atom is 0.153 e. The zero-order chi connectivity index (χ0) is 15.4. The summed E-state index contributed by atoms with van der Waals surface area (Å²) in [7, 11) is 0. The van der Waals surface area contributed by atoms with Gasteiger partial charge in [-0.25, -0.2) is 8.78 Å². The Morgan fingerprint density at radius 2 is 1.61 bits per heavy atom. The Morgan fingerprint density at radius 3 is 2.22 bits per heavy atom. The summed E-state index contributed by atoms with van der Waals surface area (Å²) in [5.41, 5.74) is 0.0633. The first-order chi connectivity index (χ1) is 10.7. The lowest BCUT2D eigenvalue weighted by Gasteiger charge is -2.30. The van der Waals surface area contributed by atoms with E-state index in [0.717, 1.165) is 32.7 Å². The summed E-state index contributed by atoms with van der Waals surface area (Å²) in [6.45, 7) is 6.17. The molecule has 2 aliphatic heterocycles. The molecule has 0 bridgehead atoms. The number of ether oxygens (including phenoxy) is 1. The van der Waals surface area contributed by atoms with E-state index in [4.69, 9.17) is 4.74 Å². The van der Waals surface area contributed by atoms with Crippen molar-refractivity contribution in [3.8, 4) is 5.75 Å². The van der Waals surface area contributed by atoms with Crippen LogP contribution in [-0.4, -0.2) is 57.3 Å². The Balaban J connectivity index is 0.00000192. The average Bonchev–Trinajstić information content (AvgIpc) is 3.01. The zero-order valence-electron chi connectivity index (χ0n) is 13.2. The smallest absolute Gasteiger partial charge is 0.153 e. The molecule has 0 spiro atoms. The lowest BCUT2D eigenvalue weighted by Crippen LogP contribution is -2.44. The fourth-order valence-corrected chi connectivity index (χ4v) is 3.11. The quantitative estimate of drug-likeness (QED) is 0.884. The molecule has 2 heterocycles. The molecule has 4 nitrogen and oxygen atoms in total. The van der Waals surface area contributed by atoms with E-state index >= 15 is 0 Å². The van der Waals surface area contributed by atoms with Gasteiger partial charge in [-0.05, 0) is 25.9 Å². The standard InChI is InChI=1S/C16H23F2N3O.ClH/c17-14-11-13(22-10-9-20-5-1-2-6-20)12-15(18)16(14)21-7-3-19-4-8-21;/h11-12,19H,1-10H2;1H. The van der Waals surface area contributed by atoms with Crippen molar-refractivity contribution in [1.29, 1.82) is 0 Å². The van der Waals surface area contributed by atoms with E-state index in [0.29, 0.717) is 19.7 Å². The van der Waals surface area contributed by atoms with E-state index in [1.807, 2.05) is 0 Å². The second kappa shape index (κ2) is 8.66. The molecule has 0 unspecified atom stereocenters. The minimum absolute atomic E-state index is 0. The van der Waals surface area contributed by atoms with Crippen LogP contribution in [0.25, 0.3) is 0 Å². The van der Waals surface area contributed by atoms with Crippen molar-refractivity contribution in [2.45, 2.75) is 12.8 Å². The van der Waals surface area contributed by atoms with Crippen molar-refractivity contribution in [2.24, 2.45) is 0 Å². The number of halogens is 3. The van der Waals surface area contributed by atoms with Crippen LogP contribution in [-0.2, 0) is 0 Å². The number of rotatable bonds is 5. The molecule has 23 heavy (non-hydrogen) atoms. The van der Waals surface area contributed by atoms with E-state index in [2.05, 4.69) is 10.2 Å². The molecule has 1 aromatic carbocycles. The Hall–Kier alpha value is -1.11. The van der Waals surface area contributed by atoms with Gasteiger partial charge in [0, 0.05) is 44.9 Å². The van der Waals surface area contributed by atoms with Crippen molar-refractivity contribution >= 4 is 18.1 Å². The SMILES string of the molecule is Cl.Fc1cc(OCCN2CCCC2)cc(F)c1N1CCNCC1. The van der Waals surface area contributed by atoms with Crippen LogP contribution in [0.4, 0.5) is 14.5 Å². The van der Waals surface area contributed by atoms with Gasteiger partial charge >= 0.3 is 0 Å². The second-order valence-corrected chi connectivity index (χ2v) is 5.87. The summed E-state index contributed by atoms with van der Waals surface area (Å²) in [5, 5.41) is 3.17. The summed E-state index contributed by atoms with van der Waals surface area (Å²) < 4.78 is 34.0. The van der Waals surface area contributed by atoms with Crippen molar-refractivity contribution in [2.75, 3.05) is 57.3 Å². The highest BCUT2D eigenvalue weighted by Gasteiger charge is 2.20. The predicted octanol–water partition coefficient (Wildman–Crippen LogP) is 2.27. The van der Waals surface area contributed by atoms with Crippen molar-refractivity contribution in [3.05, 3.63) is 23.8 Å². The van der Waals surface area contributed by atoms with Gasteiger partial charge in [-0.15, -0.1) is 12.4 Å². The number of hydrogen-bond acceptors (Lipinski definition) is 4. The summed E-state index contributed by atoms with van der Waals surface area (Å²) >= 11 is 0. The van der Waals surface area contributed by atoms with Gasteiger partial charge in [0.05, 0.1) is 0 Å². The zero-order valence-corrected chi connectivity index (χ0v) is 14.0. The fourth-order valence-electron chi connectivity index (χ4n) is 3.11. The third-order valence-electron chi connectivity index (χ3n) is 4.30. The van der Waals surface area contributed by atoms with Gasteiger partial charge in [0.25, 0.3) is 0 Å². The van der Waals surface area contributed by atoms with E-state index in [9.17, 15) is 8.78 Å². The van der Waals surface area contributed by atoms with Crippen LogP contribution in [0.1, 0.15) is 12.8 Å². The van der Waals surface area contributed by atoms with Gasteiger partial charge in [0.15, 0.2) is 11.6 Å². The highest BCUT2D eigenvalue weighted by atomic mass is 35.5. The van der Waals surface area contributed by atoms with E-state index < -0.39 is 11.6 Å². The van der Waals surface area contributed by atoms with Crippen LogP contribution in [0.5, 0.6) is 5.75 Å². The molecule has 0 atom stereocenters. The van der Waals surface area contributed by atoms with Gasteiger partial charge in [-0.3, -0.25) is 4.90 Å². The van der Waals surface area contributed by atoms with Gasteiger partial charge in [-0.2, -0.15) is 0 Å². The second-order valence-electron chi connectivity index (χ2n) is 5.87. The number of hydrogen-bond donors (Lipinski definition) is 1. The first kappa shape index (κ1) is 18.2. The molecular weight excluding hydrogens is 324 g/mol. The monoisotopic (exact) mass is 347 g/mol. The van der Waals surface area contributed by atoms with E-state index in [1.54, 1.807) is 4.90 Å². The minimum atomic E-state index is -0.543. The van der Waals surface area contributed by atoms with Crippen molar-refractivity contribution in [3.63, 3.8) is 0 Å². The molecule has 7 heteroatoms. The number of nitrogens with zero attached hydrogens (tertiary/aromatic N) is 2. The number of likely N-dealkylation sites (tertiary alicyclic amines) is 1. The Morgan fingerprint density at radius 1 is 1.00 bits per heavy atom. The maximum absolute atomic E-state index is 14.2. The molecule has 0 saturated carbocycles. The fraction of sp³-hybridized carbons (Fsp3) is 0.625. The van der Waals surface area contributed by atoms with Gasteiger partial charge in [0.1, 0.15) is 18.0 Å². The van der Waals surface area contributed by atoms with Gasteiger partial charge < -0.3 is 15.0 Å². The molecule has 1 aromatic rings. The van der Waals surface area contributed by atoms with Crippen LogP contribution in [0.15, 0.2) is 12.1 Å². The van der Waals surface area contributed by atoms with Crippen molar-refractivity contribution in [1.82, 2.24) is 10.2 Å². The Kier molecular flexibility index (Phi) is 6.87. The third kappa shape index (κ3) is 4.68. The molecular formula is C16H24ClF2N3O.